The van der Waals surface area contributed by atoms with Crippen molar-refractivity contribution < 1.29 is 9.59 Å². The van der Waals surface area contributed by atoms with Gasteiger partial charge in [0.1, 0.15) is 16.8 Å². The van der Waals surface area contributed by atoms with Gasteiger partial charge in [-0.25, -0.2) is 0 Å². The van der Waals surface area contributed by atoms with Gasteiger partial charge in [-0.15, -0.1) is 10.2 Å². The standard InChI is InChI=1S/C16H14N4O2/c1-11(21)9-16(22)17-12-7-8-14-15(10-12)19-20(18-14)13-5-3-2-4-6-13/h2-8,10H,9H2,1H3,(H,17,22). The van der Waals surface area contributed by atoms with E-state index in [4.69, 9.17) is 0 Å². The van der Waals surface area contributed by atoms with Crippen LogP contribution in [0.5, 0.6) is 0 Å². The van der Waals surface area contributed by atoms with Crippen LogP contribution in [0.4, 0.5) is 5.69 Å². The number of rotatable bonds is 4. The molecule has 3 aromatic rings. The molecule has 0 atom stereocenters. The van der Waals surface area contributed by atoms with Crippen molar-refractivity contribution in [2.45, 2.75) is 13.3 Å². The van der Waals surface area contributed by atoms with Crippen LogP contribution >= 0.6 is 0 Å². The molecular formula is C16H14N4O2. The maximum atomic E-state index is 11.6. The van der Waals surface area contributed by atoms with Gasteiger partial charge in [0.25, 0.3) is 0 Å². The monoisotopic (exact) mass is 294 g/mol. The predicted molar refractivity (Wildman–Crippen MR) is 82.8 cm³/mol. The van der Waals surface area contributed by atoms with Crippen molar-refractivity contribution in [1.29, 1.82) is 0 Å². The molecule has 6 nitrogen and oxygen atoms in total. The molecule has 1 aromatic heterocycles. The van der Waals surface area contributed by atoms with Gasteiger partial charge in [0.05, 0.1) is 12.1 Å². The summed E-state index contributed by atoms with van der Waals surface area (Å²) in [6.45, 7) is 1.38. The highest BCUT2D eigenvalue weighted by molar-refractivity contribution is 6.04. The summed E-state index contributed by atoms with van der Waals surface area (Å²) in [6.07, 6.45) is -0.130. The van der Waals surface area contributed by atoms with Crippen LogP contribution in [0.15, 0.2) is 48.5 Å². The Kier molecular flexibility index (Phi) is 3.65. The lowest BCUT2D eigenvalue weighted by Gasteiger charge is -2.02. The third-order valence-electron chi connectivity index (χ3n) is 3.06. The van der Waals surface area contributed by atoms with Crippen LogP contribution in [0.25, 0.3) is 16.7 Å². The molecular weight excluding hydrogens is 280 g/mol. The number of fused-ring (bicyclic) bond motifs is 1. The summed E-state index contributed by atoms with van der Waals surface area (Å²) in [5.74, 6) is -0.504. The summed E-state index contributed by atoms with van der Waals surface area (Å²) < 4.78 is 0. The van der Waals surface area contributed by atoms with E-state index in [9.17, 15) is 9.59 Å². The number of benzene rings is 2. The molecule has 2 aromatic carbocycles. The van der Waals surface area contributed by atoms with E-state index in [1.165, 1.54) is 6.92 Å². The molecule has 6 heteroatoms. The molecule has 0 aliphatic heterocycles. The highest BCUT2D eigenvalue weighted by Crippen LogP contribution is 2.17. The Bertz CT molecular complexity index is 840. The van der Waals surface area contributed by atoms with Crippen molar-refractivity contribution >= 4 is 28.4 Å². The van der Waals surface area contributed by atoms with E-state index in [-0.39, 0.29) is 18.1 Å². The van der Waals surface area contributed by atoms with E-state index in [1.54, 1.807) is 23.0 Å². The highest BCUT2D eigenvalue weighted by Gasteiger charge is 2.08. The molecule has 0 radical (unpaired) electrons. The first-order chi connectivity index (χ1) is 10.6. The van der Waals surface area contributed by atoms with E-state index < -0.39 is 0 Å². The van der Waals surface area contributed by atoms with Crippen LogP contribution < -0.4 is 5.32 Å². The third-order valence-corrected chi connectivity index (χ3v) is 3.06. The van der Waals surface area contributed by atoms with Gasteiger partial charge in [0, 0.05) is 5.69 Å². The van der Waals surface area contributed by atoms with E-state index in [2.05, 4.69) is 15.5 Å². The van der Waals surface area contributed by atoms with Crippen LogP contribution in [0, 0.1) is 0 Å². The first kappa shape index (κ1) is 13.9. The molecule has 0 saturated carbocycles. The van der Waals surface area contributed by atoms with Gasteiger partial charge in [-0.3, -0.25) is 9.59 Å². The van der Waals surface area contributed by atoms with Crippen LogP contribution in [-0.2, 0) is 9.59 Å². The van der Waals surface area contributed by atoms with Gasteiger partial charge in [-0.05, 0) is 37.3 Å². The second-order valence-electron chi connectivity index (χ2n) is 4.96. The molecule has 110 valence electrons. The number of carbonyl (C=O) groups is 2. The average Bonchev–Trinajstić information content (AvgIpc) is 2.90. The van der Waals surface area contributed by atoms with Crippen molar-refractivity contribution in [3.8, 4) is 5.69 Å². The first-order valence-electron chi connectivity index (χ1n) is 6.83. The van der Waals surface area contributed by atoms with Crippen LogP contribution in [0.2, 0.25) is 0 Å². The fourth-order valence-corrected chi connectivity index (χ4v) is 2.10. The van der Waals surface area contributed by atoms with Crippen molar-refractivity contribution in [3.63, 3.8) is 0 Å². The van der Waals surface area contributed by atoms with Crippen LogP contribution in [0.1, 0.15) is 13.3 Å². The number of Topliss-reactive ketones (excluding diaryl/α,β-unsaturated/α-hetero) is 1. The van der Waals surface area contributed by atoms with E-state index in [0.717, 1.165) is 11.2 Å². The van der Waals surface area contributed by atoms with Crippen molar-refractivity contribution in [1.82, 2.24) is 15.0 Å². The molecule has 1 amide bonds. The zero-order valence-corrected chi connectivity index (χ0v) is 12.0. The lowest BCUT2D eigenvalue weighted by atomic mass is 10.2. The number of amides is 1. The highest BCUT2D eigenvalue weighted by atomic mass is 16.2. The Balaban J connectivity index is 1.87. The maximum Gasteiger partial charge on any atom is 0.231 e. The smallest absolute Gasteiger partial charge is 0.231 e. The SMILES string of the molecule is CC(=O)CC(=O)Nc1ccc2nn(-c3ccccc3)nc2c1. The van der Waals surface area contributed by atoms with Gasteiger partial charge in [0.2, 0.25) is 5.91 Å². The maximum absolute atomic E-state index is 11.6. The molecule has 0 fully saturated rings. The number of nitrogens with zero attached hydrogens (tertiary/aromatic N) is 3. The Labute approximate surface area is 126 Å². The summed E-state index contributed by atoms with van der Waals surface area (Å²) in [5, 5.41) is 11.5. The molecule has 0 spiro atoms. The number of hydrogen-bond acceptors (Lipinski definition) is 4. The molecule has 0 saturated heterocycles. The van der Waals surface area contributed by atoms with Crippen LogP contribution in [-0.4, -0.2) is 26.7 Å². The minimum atomic E-state index is -0.331. The van der Waals surface area contributed by atoms with E-state index >= 15 is 0 Å². The third kappa shape index (κ3) is 3.01. The molecule has 1 N–H and O–H groups in total. The summed E-state index contributed by atoms with van der Waals surface area (Å²) in [5.41, 5.74) is 2.86. The molecule has 1 heterocycles. The topological polar surface area (TPSA) is 76.9 Å². The lowest BCUT2D eigenvalue weighted by molar-refractivity contribution is -0.124. The fourth-order valence-electron chi connectivity index (χ4n) is 2.10. The lowest BCUT2D eigenvalue weighted by Crippen LogP contribution is -2.14. The molecule has 3 rings (SSSR count). The Morgan fingerprint density at radius 1 is 1.05 bits per heavy atom. The van der Waals surface area contributed by atoms with Crippen molar-refractivity contribution in [2.24, 2.45) is 0 Å². The number of hydrogen-bond donors (Lipinski definition) is 1. The molecule has 0 bridgehead atoms. The quantitative estimate of drug-likeness (QED) is 0.749. The number of para-hydroxylation sites is 1. The second-order valence-corrected chi connectivity index (χ2v) is 4.96. The van der Waals surface area contributed by atoms with Gasteiger partial charge in [0.15, 0.2) is 0 Å². The minimum absolute atomic E-state index is 0.130. The average molecular weight is 294 g/mol. The second kappa shape index (κ2) is 5.77. The summed E-state index contributed by atoms with van der Waals surface area (Å²) in [6, 6.07) is 14.8. The summed E-state index contributed by atoms with van der Waals surface area (Å²) in [7, 11) is 0. The fraction of sp³-hybridized carbons (Fsp3) is 0.125. The van der Waals surface area contributed by atoms with E-state index in [0.29, 0.717) is 11.2 Å². The van der Waals surface area contributed by atoms with Crippen molar-refractivity contribution in [3.05, 3.63) is 48.5 Å². The minimum Gasteiger partial charge on any atom is -0.326 e. The van der Waals surface area contributed by atoms with Crippen LogP contribution in [0.3, 0.4) is 0 Å². The van der Waals surface area contributed by atoms with E-state index in [1.807, 2.05) is 30.3 Å². The van der Waals surface area contributed by atoms with Gasteiger partial charge >= 0.3 is 0 Å². The summed E-state index contributed by atoms with van der Waals surface area (Å²) >= 11 is 0. The number of aromatic nitrogens is 3. The number of ketones is 1. The Hall–Kier alpha value is -3.02. The Morgan fingerprint density at radius 3 is 2.50 bits per heavy atom. The van der Waals surface area contributed by atoms with Gasteiger partial charge < -0.3 is 5.32 Å². The zero-order chi connectivity index (χ0) is 15.5. The Morgan fingerprint density at radius 2 is 1.77 bits per heavy atom. The van der Waals surface area contributed by atoms with Gasteiger partial charge in [-0.1, -0.05) is 18.2 Å². The molecule has 0 unspecified atom stereocenters. The number of carbonyl (C=O) groups excluding carboxylic acids is 2. The van der Waals surface area contributed by atoms with Gasteiger partial charge in [-0.2, -0.15) is 4.80 Å². The van der Waals surface area contributed by atoms with Crippen molar-refractivity contribution in [2.75, 3.05) is 5.32 Å². The summed E-state index contributed by atoms with van der Waals surface area (Å²) in [4.78, 5) is 24.1. The zero-order valence-electron chi connectivity index (χ0n) is 12.0. The largest absolute Gasteiger partial charge is 0.326 e. The number of anilines is 1. The molecule has 0 aliphatic carbocycles. The molecule has 0 aliphatic rings. The normalized spacial score (nSPS) is 10.6. The first-order valence-corrected chi connectivity index (χ1v) is 6.83. The number of nitrogens with one attached hydrogen (secondary N) is 1. The molecule has 22 heavy (non-hydrogen) atoms. The predicted octanol–water partition coefficient (Wildman–Crippen LogP) is 2.34.